The minimum Gasteiger partial charge on any atom is -0.497 e. The van der Waals surface area contributed by atoms with Crippen molar-refractivity contribution in [2.24, 2.45) is 4.99 Å². The fourth-order valence-electron chi connectivity index (χ4n) is 2.02. The summed E-state index contributed by atoms with van der Waals surface area (Å²) < 4.78 is 10.6. The van der Waals surface area contributed by atoms with Gasteiger partial charge in [0.1, 0.15) is 11.5 Å². The van der Waals surface area contributed by atoms with E-state index in [9.17, 15) is 0 Å². The Morgan fingerprint density at radius 1 is 1.08 bits per heavy atom. The summed E-state index contributed by atoms with van der Waals surface area (Å²) in [6.45, 7) is 8.74. The molecule has 0 amide bonds. The van der Waals surface area contributed by atoms with Crippen LogP contribution >= 0.6 is 24.0 Å². The van der Waals surface area contributed by atoms with E-state index in [1.54, 1.807) is 21.3 Å². The SMILES string of the molecule is CN=C(NCCNC(C)(C)C)NCc1ccc(OC)cc1OC.I. The van der Waals surface area contributed by atoms with Gasteiger partial charge < -0.3 is 25.4 Å². The molecule has 0 unspecified atom stereocenters. The van der Waals surface area contributed by atoms with Gasteiger partial charge in [0, 0.05) is 43.9 Å². The third-order valence-electron chi connectivity index (χ3n) is 3.24. The van der Waals surface area contributed by atoms with Crippen LogP contribution in [0.25, 0.3) is 0 Å². The predicted molar refractivity (Wildman–Crippen MR) is 111 cm³/mol. The number of methoxy groups -OCH3 is 2. The second kappa shape index (κ2) is 11.4. The molecule has 1 aromatic rings. The molecule has 0 aliphatic heterocycles. The minimum atomic E-state index is 0. The highest BCUT2D eigenvalue weighted by Gasteiger charge is 2.08. The molecular weight excluding hydrogens is 419 g/mol. The Hall–Kier alpha value is -1.22. The number of benzene rings is 1. The summed E-state index contributed by atoms with van der Waals surface area (Å²) in [4.78, 5) is 4.23. The third-order valence-corrected chi connectivity index (χ3v) is 3.24. The highest BCUT2D eigenvalue weighted by Crippen LogP contribution is 2.24. The van der Waals surface area contributed by atoms with E-state index in [0.717, 1.165) is 36.1 Å². The number of nitrogens with zero attached hydrogens (tertiary/aromatic N) is 1. The summed E-state index contributed by atoms with van der Waals surface area (Å²) in [6, 6.07) is 5.78. The average Bonchev–Trinajstić information content (AvgIpc) is 2.53. The predicted octanol–water partition coefficient (Wildman–Crippen LogP) is 2.37. The number of rotatable bonds is 7. The Morgan fingerprint density at radius 2 is 1.79 bits per heavy atom. The first kappa shape index (κ1) is 22.8. The number of ether oxygens (including phenoxy) is 2. The lowest BCUT2D eigenvalue weighted by Gasteiger charge is -2.21. The molecule has 1 aromatic carbocycles. The maximum Gasteiger partial charge on any atom is 0.191 e. The molecule has 0 fully saturated rings. The topological polar surface area (TPSA) is 66.9 Å². The lowest BCUT2D eigenvalue weighted by atomic mass is 10.1. The van der Waals surface area contributed by atoms with Gasteiger partial charge in [-0.3, -0.25) is 4.99 Å². The second-order valence-electron chi connectivity index (χ2n) is 6.21. The standard InChI is InChI=1S/C17H30N4O2.HI/c1-17(2,3)21-10-9-19-16(18-4)20-12-13-7-8-14(22-5)11-15(13)23-6;/h7-8,11,21H,9-10,12H2,1-6H3,(H2,18,19,20);1H. The first-order chi connectivity index (χ1) is 10.9. The van der Waals surface area contributed by atoms with Crippen LogP contribution in [0.1, 0.15) is 26.3 Å². The summed E-state index contributed by atoms with van der Waals surface area (Å²) >= 11 is 0. The van der Waals surface area contributed by atoms with E-state index < -0.39 is 0 Å². The molecule has 0 bridgehead atoms. The first-order valence-corrected chi connectivity index (χ1v) is 7.80. The van der Waals surface area contributed by atoms with Crippen molar-refractivity contribution in [3.05, 3.63) is 23.8 Å². The number of nitrogens with one attached hydrogen (secondary N) is 3. The van der Waals surface area contributed by atoms with Crippen LogP contribution in [0.15, 0.2) is 23.2 Å². The van der Waals surface area contributed by atoms with E-state index >= 15 is 0 Å². The van der Waals surface area contributed by atoms with Gasteiger partial charge >= 0.3 is 0 Å². The molecule has 0 heterocycles. The third kappa shape index (κ3) is 8.58. The maximum absolute atomic E-state index is 5.40. The Bertz CT molecular complexity index is 516. The molecule has 0 aliphatic carbocycles. The molecule has 3 N–H and O–H groups in total. The molecule has 1 rings (SSSR count). The summed E-state index contributed by atoms with van der Waals surface area (Å²) in [7, 11) is 5.06. The lowest BCUT2D eigenvalue weighted by Crippen LogP contribution is -2.44. The normalized spacial score (nSPS) is 11.5. The first-order valence-electron chi connectivity index (χ1n) is 7.80. The Morgan fingerprint density at radius 3 is 2.33 bits per heavy atom. The molecule has 7 heteroatoms. The van der Waals surface area contributed by atoms with Crippen LogP contribution in [0.2, 0.25) is 0 Å². The molecule has 0 atom stereocenters. The maximum atomic E-state index is 5.40. The fourth-order valence-corrected chi connectivity index (χ4v) is 2.02. The molecule has 0 radical (unpaired) electrons. The molecule has 0 spiro atoms. The zero-order valence-electron chi connectivity index (χ0n) is 15.5. The van der Waals surface area contributed by atoms with Crippen molar-refractivity contribution in [1.82, 2.24) is 16.0 Å². The molecular formula is C17H31IN4O2. The summed E-state index contributed by atoms with van der Waals surface area (Å²) in [5, 5.41) is 10.00. The Balaban J connectivity index is 0.00000529. The second-order valence-corrected chi connectivity index (χ2v) is 6.21. The summed E-state index contributed by atoms with van der Waals surface area (Å²) in [6.07, 6.45) is 0. The van der Waals surface area contributed by atoms with Crippen LogP contribution in [0.3, 0.4) is 0 Å². The molecule has 138 valence electrons. The van der Waals surface area contributed by atoms with E-state index in [4.69, 9.17) is 9.47 Å². The van der Waals surface area contributed by atoms with Crippen LogP contribution in [0.5, 0.6) is 11.5 Å². The number of hydrogen-bond donors (Lipinski definition) is 3. The van der Waals surface area contributed by atoms with E-state index in [1.165, 1.54) is 0 Å². The average molecular weight is 450 g/mol. The Labute approximate surface area is 162 Å². The fraction of sp³-hybridized carbons (Fsp3) is 0.588. The monoisotopic (exact) mass is 450 g/mol. The minimum absolute atomic E-state index is 0. The number of hydrogen-bond acceptors (Lipinski definition) is 4. The summed E-state index contributed by atoms with van der Waals surface area (Å²) in [5.74, 6) is 2.33. The van der Waals surface area contributed by atoms with Crippen LogP contribution in [-0.2, 0) is 6.54 Å². The van der Waals surface area contributed by atoms with Crippen LogP contribution in [0, 0.1) is 0 Å². The number of halogens is 1. The van der Waals surface area contributed by atoms with Crippen molar-refractivity contribution in [1.29, 1.82) is 0 Å². The van der Waals surface area contributed by atoms with Gasteiger partial charge in [-0.1, -0.05) is 0 Å². The van der Waals surface area contributed by atoms with E-state index in [0.29, 0.717) is 6.54 Å². The van der Waals surface area contributed by atoms with Gasteiger partial charge in [-0.25, -0.2) is 0 Å². The van der Waals surface area contributed by atoms with Gasteiger partial charge in [0.2, 0.25) is 0 Å². The van der Waals surface area contributed by atoms with E-state index in [-0.39, 0.29) is 29.5 Å². The highest BCUT2D eigenvalue weighted by molar-refractivity contribution is 14.0. The van der Waals surface area contributed by atoms with Crippen LogP contribution < -0.4 is 25.4 Å². The van der Waals surface area contributed by atoms with Crippen molar-refractivity contribution in [2.75, 3.05) is 34.4 Å². The zero-order valence-corrected chi connectivity index (χ0v) is 17.9. The molecule has 0 aliphatic rings. The summed E-state index contributed by atoms with van der Waals surface area (Å²) in [5.41, 5.74) is 1.17. The largest absolute Gasteiger partial charge is 0.497 e. The van der Waals surface area contributed by atoms with Crippen molar-refractivity contribution in [3.63, 3.8) is 0 Å². The van der Waals surface area contributed by atoms with Gasteiger partial charge in [-0.15, -0.1) is 24.0 Å². The molecule has 6 nitrogen and oxygen atoms in total. The van der Waals surface area contributed by atoms with Gasteiger partial charge in [-0.2, -0.15) is 0 Å². The van der Waals surface area contributed by atoms with Gasteiger partial charge in [-0.05, 0) is 32.9 Å². The Kier molecular flexibility index (Phi) is 10.8. The molecule has 0 saturated carbocycles. The number of guanidine groups is 1. The smallest absolute Gasteiger partial charge is 0.191 e. The zero-order chi connectivity index (χ0) is 17.3. The van der Waals surface area contributed by atoms with Crippen molar-refractivity contribution < 1.29 is 9.47 Å². The molecule has 0 saturated heterocycles. The van der Waals surface area contributed by atoms with E-state index in [1.807, 2.05) is 18.2 Å². The van der Waals surface area contributed by atoms with Crippen LogP contribution in [0.4, 0.5) is 0 Å². The van der Waals surface area contributed by atoms with Crippen molar-refractivity contribution in [3.8, 4) is 11.5 Å². The van der Waals surface area contributed by atoms with Crippen molar-refractivity contribution in [2.45, 2.75) is 32.9 Å². The quantitative estimate of drug-likeness (QED) is 0.258. The van der Waals surface area contributed by atoms with Gasteiger partial charge in [0.25, 0.3) is 0 Å². The molecule has 24 heavy (non-hydrogen) atoms. The van der Waals surface area contributed by atoms with E-state index in [2.05, 4.69) is 41.7 Å². The van der Waals surface area contributed by atoms with Gasteiger partial charge in [0.05, 0.1) is 14.2 Å². The molecule has 0 aromatic heterocycles. The van der Waals surface area contributed by atoms with Crippen molar-refractivity contribution >= 4 is 29.9 Å². The number of aliphatic imine (C=N–C) groups is 1. The highest BCUT2D eigenvalue weighted by atomic mass is 127. The lowest BCUT2D eigenvalue weighted by molar-refractivity contribution is 0.390. The van der Waals surface area contributed by atoms with Crippen LogP contribution in [-0.4, -0.2) is 45.9 Å². The van der Waals surface area contributed by atoms with Gasteiger partial charge in [0.15, 0.2) is 5.96 Å².